The van der Waals surface area contributed by atoms with Crippen LogP contribution in [0.15, 0.2) is 53.9 Å². The third kappa shape index (κ3) is 2.45. The predicted molar refractivity (Wildman–Crippen MR) is 67.6 cm³/mol. The van der Waals surface area contributed by atoms with Crippen LogP contribution in [0, 0.1) is 0 Å². The summed E-state index contributed by atoms with van der Waals surface area (Å²) < 4.78 is 0. The zero-order valence-electron chi connectivity index (χ0n) is 9.09. The first-order valence-electron chi connectivity index (χ1n) is 5.14. The van der Waals surface area contributed by atoms with Crippen molar-refractivity contribution in [2.45, 2.75) is 6.92 Å². The number of hydrogen-bond acceptors (Lipinski definition) is 2. The zero-order valence-corrected chi connectivity index (χ0v) is 9.09. The van der Waals surface area contributed by atoms with Crippen molar-refractivity contribution >= 4 is 17.2 Å². The van der Waals surface area contributed by atoms with Crippen LogP contribution in [0.1, 0.15) is 12.5 Å². The van der Waals surface area contributed by atoms with Crippen LogP contribution in [0.3, 0.4) is 0 Å². The molecule has 2 aromatic heterocycles. The summed E-state index contributed by atoms with van der Waals surface area (Å²) in [5, 5.41) is 1.10. The first-order chi connectivity index (χ1) is 7.90. The summed E-state index contributed by atoms with van der Waals surface area (Å²) in [6, 6.07) is 4.04. The summed E-state index contributed by atoms with van der Waals surface area (Å²) in [6.45, 7) is 1.97. The normalized spacial score (nSPS) is 12.6. The van der Waals surface area contributed by atoms with Gasteiger partial charge in [-0.15, -0.1) is 0 Å². The molecule has 0 aliphatic heterocycles. The van der Waals surface area contributed by atoms with Gasteiger partial charge < -0.3 is 4.98 Å². The maximum absolute atomic E-state index is 4.27. The lowest BCUT2D eigenvalue weighted by atomic mass is 10.2. The number of pyridine rings is 1. The Hall–Kier alpha value is -2.16. The van der Waals surface area contributed by atoms with E-state index < -0.39 is 0 Å². The average Bonchev–Trinajstić information content (AvgIpc) is 2.76. The second-order valence-corrected chi connectivity index (χ2v) is 3.33. The molecule has 0 aliphatic carbocycles. The smallest absolute Gasteiger partial charge is 0.137 e. The lowest BCUT2D eigenvalue weighted by Gasteiger charge is -1.91. The molecule has 0 spiro atoms. The van der Waals surface area contributed by atoms with Crippen LogP contribution in [0.2, 0.25) is 0 Å². The Morgan fingerprint density at radius 3 is 3.19 bits per heavy atom. The van der Waals surface area contributed by atoms with E-state index in [1.165, 1.54) is 0 Å². The first-order valence-corrected chi connectivity index (χ1v) is 5.14. The lowest BCUT2D eigenvalue weighted by molar-refractivity contribution is 1.32. The van der Waals surface area contributed by atoms with E-state index in [9.17, 15) is 0 Å². The van der Waals surface area contributed by atoms with Gasteiger partial charge in [-0.3, -0.25) is 4.99 Å². The van der Waals surface area contributed by atoms with Gasteiger partial charge in [-0.1, -0.05) is 12.2 Å². The standard InChI is InChI=1S/C13H13N3/c1-2-3-4-6-14-9-11-8-12-5-7-15-13(12)16-10-11/h2-10H,1H3,(H,15,16)/b3-2-,6-4-,14-9?. The highest BCUT2D eigenvalue weighted by molar-refractivity contribution is 5.86. The van der Waals surface area contributed by atoms with Crippen molar-refractivity contribution in [3.05, 3.63) is 54.5 Å². The van der Waals surface area contributed by atoms with E-state index in [0.717, 1.165) is 16.6 Å². The molecule has 0 amide bonds. The van der Waals surface area contributed by atoms with E-state index >= 15 is 0 Å². The molecular formula is C13H13N3. The van der Waals surface area contributed by atoms with Crippen LogP contribution in [0.5, 0.6) is 0 Å². The summed E-state index contributed by atoms with van der Waals surface area (Å²) in [7, 11) is 0. The Morgan fingerprint density at radius 1 is 1.38 bits per heavy atom. The van der Waals surface area contributed by atoms with Crippen LogP contribution < -0.4 is 0 Å². The molecule has 16 heavy (non-hydrogen) atoms. The Kier molecular flexibility index (Phi) is 3.28. The van der Waals surface area contributed by atoms with Crippen molar-refractivity contribution in [1.82, 2.24) is 9.97 Å². The molecule has 0 bridgehead atoms. The number of aromatic amines is 1. The maximum atomic E-state index is 4.27. The van der Waals surface area contributed by atoms with E-state index in [1.807, 2.05) is 43.5 Å². The monoisotopic (exact) mass is 211 g/mol. The van der Waals surface area contributed by atoms with Crippen molar-refractivity contribution in [2.24, 2.45) is 4.99 Å². The first kappa shape index (κ1) is 10.4. The van der Waals surface area contributed by atoms with E-state index in [-0.39, 0.29) is 0 Å². The van der Waals surface area contributed by atoms with Gasteiger partial charge in [-0.25, -0.2) is 4.98 Å². The topological polar surface area (TPSA) is 41.0 Å². The molecule has 2 heterocycles. The third-order valence-electron chi connectivity index (χ3n) is 2.12. The lowest BCUT2D eigenvalue weighted by Crippen LogP contribution is -1.83. The molecule has 0 aliphatic rings. The van der Waals surface area contributed by atoms with Crippen LogP contribution in [0.4, 0.5) is 0 Å². The Morgan fingerprint density at radius 2 is 2.31 bits per heavy atom. The van der Waals surface area contributed by atoms with Crippen LogP contribution in [-0.2, 0) is 0 Å². The molecule has 3 nitrogen and oxygen atoms in total. The van der Waals surface area contributed by atoms with Crippen LogP contribution in [0.25, 0.3) is 11.0 Å². The van der Waals surface area contributed by atoms with Crippen molar-refractivity contribution in [3.8, 4) is 0 Å². The minimum Gasteiger partial charge on any atom is -0.346 e. The second kappa shape index (κ2) is 5.07. The summed E-state index contributed by atoms with van der Waals surface area (Å²) >= 11 is 0. The number of rotatable bonds is 3. The summed E-state index contributed by atoms with van der Waals surface area (Å²) in [4.78, 5) is 11.5. The summed E-state index contributed by atoms with van der Waals surface area (Å²) in [5.41, 5.74) is 1.90. The Labute approximate surface area is 94.2 Å². The fraction of sp³-hybridized carbons (Fsp3) is 0.0769. The zero-order chi connectivity index (χ0) is 11.2. The van der Waals surface area contributed by atoms with Crippen molar-refractivity contribution in [3.63, 3.8) is 0 Å². The van der Waals surface area contributed by atoms with E-state index in [2.05, 4.69) is 15.0 Å². The highest BCUT2D eigenvalue weighted by atomic mass is 14.8. The number of aromatic nitrogens is 2. The molecule has 0 fully saturated rings. The molecule has 0 saturated carbocycles. The highest BCUT2D eigenvalue weighted by Gasteiger charge is 1.95. The molecule has 80 valence electrons. The average molecular weight is 211 g/mol. The molecule has 0 aromatic carbocycles. The van der Waals surface area contributed by atoms with Gasteiger partial charge in [0.2, 0.25) is 0 Å². The number of aliphatic imine (C=N–C) groups is 1. The Balaban J connectivity index is 2.14. The fourth-order valence-electron chi connectivity index (χ4n) is 1.37. The largest absolute Gasteiger partial charge is 0.346 e. The third-order valence-corrected chi connectivity index (χ3v) is 2.12. The molecule has 2 aromatic rings. The van der Waals surface area contributed by atoms with E-state index in [0.29, 0.717) is 0 Å². The molecular weight excluding hydrogens is 198 g/mol. The van der Waals surface area contributed by atoms with Crippen molar-refractivity contribution < 1.29 is 0 Å². The van der Waals surface area contributed by atoms with Gasteiger partial charge in [0.15, 0.2) is 0 Å². The minimum absolute atomic E-state index is 0.904. The molecule has 0 unspecified atom stereocenters. The number of nitrogens with one attached hydrogen (secondary N) is 1. The van der Waals surface area contributed by atoms with Crippen molar-refractivity contribution in [1.29, 1.82) is 0 Å². The number of H-pyrrole nitrogens is 1. The van der Waals surface area contributed by atoms with Gasteiger partial charge in [0.1, 0.15) is 5.65 Å². The molecule has 2 rings (SSSR count). The van der Waals surface area contributed by atoms with Gasteiger partial charge >= 0.3 is 0 Å². The number of nitrogens with zero attached hydrogens (tertiary/aromatic N) is 2. The quantitative estimate of drug-likeness (QED) is 0.615. The van der Waals surface area contributed by atoms with Crippen molar-refractivity contribution in [2.75, 3.05) is 0 Å². The van der Waals surface area contributed by atoms with Gasteiger partial charge in [0.25, 0.3) is 0 Å². The second-order valence-electron chi connectivity index (χ2n) is 3.33. The molecule has 0 saturated heterocycles. The fourth-order valence-corrected chi connectivity index (χ4v) is 1.37. The van der Waals surface area contributed by atoms with E-state index in [4.69, 9.17) is 0 Å². The molecule has 0 radical (unpaired) electrons. The molecule has 1 N–H and O–H groups in total. The van der Waals surface area contributed by atoms with Gasteiger partial charge in [-0.2, -0.15) is 0 Å². The van der Waals surface area contributed by atoms with Crippen LogP contribution >= 0.6 is 0 Å². The van der Waals surface area contributed by atoms with E-state index in [1.54, 1.807) is 18.6 Å². The Bertz CT molecular complexity index is 547. The van der Waals surface area contributed by atoms with Crippen LogP contribution in [-0.4, -0.2) is 16.2 Å². The maximum Gasteiger partial charge on any atom is 0.137 e. The number of allylic oxidation sites excluding steroid dienone is 3. The van der Waals surface area contributed by atoms with Gasteiger partial charge in [-0.05, 0) is 25.1 Å². The van der Waals surface area contributed by atoms with Gasteiger partial charge in [0.05, 0.1) is 0 Å². The highest BCUT2D eigenvalue weighted by Crippen LogP contribution is 2.09. The number of hydrogen-bond donors (Lipinski definition) is 1. The number of fused-ring (bicyclic) bond motifs is 1. The molecule has 0 atom stereocenters. The molecule has 3 heteroatoms. The summed E-state index contributed by atoms with van der Waals surface area (Å²) in [6.07, 6.45) is 13.0. The minimum atomic E-state index is 0.904. The SMILES string of the molecule is C/C=C\C=C/N=Cc1cnc2[nH]ccc2c1. The predicted octanol–water partition coefficient (Wildman–Crippen LogP) is 3.07. The summed E-state index contributed by atoms with van der Waals surface area (Å²) in [5.74, 6) is 0. The van der Waals surface area contributed by atoms with Gasteiger partial charge in [0, 0.05) is 35.8 Å².